The van der Waals surface area contributed by atoms with Crippen molar-refractivity contribution in [1.82, 2.24) is 19.7 Å². The molecule has 0 aliphatic heterocycles. The van der Waals surface area contributed by atoms with Crippen LogP contribution in [0.3, 0.4) is 0 Å². The van der Waals surface area contributed by atoms with Crippen LogP contribution in [0.5, 0.6) is 0 Å². The SMILES string of the molecule is CN(Cc1cc2ccccc2o1)C(=O)c1cc(-n2cccn2)ccn1. The molecule has 0 unspecified atom stereocenters. The molecule has 3 heterocycles. The molecule has 3 aromatic heterocycles. The molecular formula is C19H16N4O2. The molecule has 0 bridgehead atoms. The van der Waals surface area contributed by atoms with Gasteiger partial charge in [0.1, 0.15) is 17.0 Å². The molecule has 0 saturated heterocycles. The molecule has 0 atom stereocenters. The first-order valence-electron chi connectivity index (χ1n) is 7.90. The van der Waals surface area contributed by atoms with Crippen molar-refractivity contribution in [1.29, 1.82) is 0 Å². The third-order valence-corrected chi connectivity index (χ3v) is 3.95. The summed E-state index contributed by atoms with van der Waals surface area (Å²) in [7, 11) is 1.73. The Balaban J connectivity index is 1.55. The molecule has 6 nitrogen and oxygen atoms in total. The number of para-hydroxylation sites is 1. The quantitative estimate of drug-likeness (QED) is 0.575. The Morgan fingerprint density at radius 3 is 2.84 bits per heavy atom. The molecule has 0 aliphatic carbocycles. The lowest BCUT2D eigenvalue weighted by atomic mass is 10.2. The van der Waals surface area contributed by atoms with Gasteiger partial charge in [-0.1, -0.05) is 18.2 Å². The number of hydrogen-bond donors (Lipinski definition) is 0. The van der Waals surface area contributed by atoms with Crippen molar-refractivity contribution in [3.63, 3.8) is 0 Å². The minimum absolute atomic E-state index is 0.172. The fourth-order valence-corrected chi connectivity index (χ4v) is 2.72. The Kier molecular flexibility index (Phi) is 3.78. The van der Waals surface area contributed by atoms with Crippen LogP contribution in [0, 0.1) is 0 Å². The highest BCUT2D eigenvalue weighted by molar-refractivity contribution is 5.92. The van der Waals surface area contributed by atoms with Crippen molar-refractivity contribution in [3.8, 4) is 5.69 Å². The van der Waals surface area contributed by atoms with E-state index in [0.717, 1.165) is 22.4 Å². The zero-order valence-corrected chi connectivity index (χ0v) is 13.7. The van der Waals surface area contributed by atoms with Crippen LogP contribution in [0.15, 0.2) is 71.5 Å². The largest absolute Gasteiger partial charge is 0.459 e. The predicted molar refractivity (Wildman–Crippen MR) is 93.4 cm³/mol. The average molecular weight is 332 g/mol. The van der Waals surface area contributed by atoms with Crippen LogP contribution in [0.2, 0.25) is 0 Å². The maximum absolute atomic E-state index is 12.7. The van der Waals surface area contributed by atoms with Crippen LogP contribution >= 0.6 is 0 Å². The second-order valence-electron chi connectivity index (χ2n) is 5.76. The number of pyridine rings is 1. The maximum atomic E-state index is 12.7. The number of amides is 1. The minimum Gasteiger partial charge on any atom is -0.459 e. The van der Waals surface area contributed by atoms with E-state index < -0.39 is 0 Å². The van der Waals surface area contributed by atoms with Crippen molar-refractivity contribution in [2.45, 2.75) is 6.54 Å². The minimum atomic E-state index is -0.172. The number of furan rings is 1. The lowest BCUT2D eigenvalue weighted by molar-refractivity contribution is 0.0770. The smallest absolute Gasteiger partial charge is 0.272 e. The van der Waals surface area contributed by atoms with E-state index in [1.165, 1.54) is 0 Å². The van der Waals surface area contributed by atoms with Gasteiger partial charge in [0.2, 0.25) is 0 Å². The van der Waals surface area contributed by atoms with Crippen molar-refractivity contribution >= 4 is 16.9 Å². The molecule has 0 saturated carbocycles. The van der Waals surface area contributed by atoms with Crippen molar-refractivity contribution in [2.75, 3.05) is 7.05 Å². The first kappa shape index (κ1) is 15.1. The van der Waals surface area contributed by atoms with Gasteiger partial charge in [0, 0.05) is 31.0 Å². The fraction of sp³-hybridized carbons (Fsp3) is 0.105. The molecule has 0 aliphatic rings. The average Bonchev–Trinajstić information content (AvgIpc) is 3.30. The van der Waals surface area contributed by atoms with Crippen LogP contribution < -0.4 is 0 Å². The molecule has 1 amide bonds. The van der Waals surface area contributed by atoms with Gasteiger partial charge in [0.05, 0.1) is 12.2 Å². The van der Waals surface area contributed by atoms with Gasteiger partial charge in [-0.2, -0.15) is 5.10 Å². The van der Waals surface area contributed by atoms with Gasteiger partial charge in [-0.05, 0) is 30.3 Å². The standard InChI is InChI=1S/C19H16N4O2/c1-22(13-16-11-14-5-2-3-6-18(14)25-16)19(24)17-12-15(7-9-20-17)23-10-4-8-21-23/h2-12H,13H2,1H3. The summed E-state index contributed by atoms with van der Waals surface area (Å²) in [6.45, 7) is 0.376. The van der Waals surface area contributed by atoms with E-state index in [2.05, 4.69) is 10.1 Å². The highest BCUT2D eigenvalue weighted by Gasteiger charge is 2.16. The number of benzene rings is 1. The first-order chi connectivity index (χ1) is 12.2. The Morgan fingerprint density at radius 2 is 2.04 bits per heavy atom. The maximum Gasteiger partial charge on any atom is 0.272 e. The lowest BCUT2D eigenvalue weighted by Crippen LogP contribution is -2.27. The number of nitrogens with zero attached hydrogens (tertiary/aromatic N) is 4. The van der Waals surface area contributed by atoms with Gasteiger partial charge in [-0.15, -0.1) is 0 Å². The Labute approximate surface area is 144 Å². The van der Waals surface area contributed by atoms with E-state index in [4.69, 9.17) is 4.42 Å². The highest BCUT2D eigenvalue weighted by Crippen LogP contribution is 2.20. The van der Waals surface area contributed by atoms with Gasteiger partial charge in [-0.3, -0.25) is 9.78 Å². The Hall–Kier alpha value is -3.41. The van der Waals surface area contributed by atoms with E-state index in [-0.39, 0.29) is 5.91 Å². The summed E-state index contributed by atoms with van der Waals surface area (Å²) < 4.78 is 7.47. The van der Waals surface area contributed by atoms with Gasteiger partial charge < -0.3 is 9.32 Å². The Morgan fingerprint density at radius 1 is 1.16 bits per heavy atom. The zero-order chi connectivity index (χ0) is 17.2. The number of rotatable bonds is 4. The molecule has 6 heteroatoms. The van der Waals surface area contributed by atoms with Gasteiger partial charge in [0.15, 0.2) is 0 Å². The summed E-state index contributed by atoms with van der Waals surface area (Å²) in [4.78, 5) is 18.5. The number of carbonyl (C=O) groups excluding carboxylic acids is 1. The number of fused-ring (bicyclic) bond motifs is 1. The monoisotopic (exact) mass is 332 g/mol. The molecule has 0 radical (unpaired) electrons. The van der Waals surface area contributed by atoms with E-state index >= 15 is 0 Å². The van der Waals surface area contributed by atoms with E-state index in [0.29, 0.717) is 12.2 Å². The molecular weight excluding hydrogens is 316 g/mol. The Bertz CT molecular complexity index is 988. The van der Waals surface area contributed by atoms with Crippen LogP contribution in [0.1, 0.15) is 16.2 Å². The second-order valence-corrected chi connectivity index (χ2v) is 5.76. The van der Waals surface area contributed by atoms with Crippen LogP contribution in [-0.4, -0.2) is 32.6 Å². The first-order valence-corrected chi connectivity index (χ1v) is 7.90. The normalized spacial score (nSPS) is 10.9. The summed E-state index contributed by atoms with van der Waals surface area (Å²) in [5, 5.41) is 5.20. The van der Waals surface area contributed by atoms with E-state index in [1.807, 2.05) is 48.7 Å². The third-order valence-electron chi connectivity index (χ3n) is 3.95. The molecule has 25 heavy (non-hydrogen) atoms. The van der Waals surface area contributed by atoms with Gasteiger partial charge in [0.25, 0.3) is 5.91 Å². The molecule has 0 fully saturated rings. The summed E-state index contributed by atoms with van der Waals surface area (Å²) >= 11 is 0. The predicted octanol–water partition coefficient (Wildman–Crippen LogP) is 3.29. The van der Waals surface area contributed by atoms with Gasteiger partial charge >= 0.3 is 0 Å². The number of hydrogen-bond acceptors (Lipinski definition) is 4. The third kappa shape index (κ3) is 3.01. The fourth-order valence-electron chi connectivity index (χ4n) is 2.72. The summed E-state index contributed by atoms with van der Waals surface area (Å²) in [5.41, 5.74) is 1.98. The summed E-state index contributed by atoms with van der Waals surface area (Å²) in [6.07, 6.45) is 5.12. The van der Waals surface area contributed by atoms with E-state index in [1.54, 1.807) is 35.1 Å². The highest BCUT2D eigenvalue weighted by atomic mass is 16.3. The number of aromatic nitrogens is 3. The lowest BCUT2D eigenvalue weighted by Gasteiger charge is -2.15. The topological polar surface area (TPSA) is 64.2 Å². The molecule has 0 N–H and O–H groups in total. The molecule has 0 spiro atoms. The summed E-state index contributed by atoms with van der Waals surface area (Å²) in [5.74, 6) is 0.565. The van der Waals surface area contributed by atoms with Crippen molar-refractivity contribution < 1.29 is 9.21 Å². The second kappa shape index (κ2) is 6.24. The summed E-state index contributed by atoms with van der Waals surface area (Å²) in [6, 6.07) is 15.1. The van der Waals surface area contributed by atoms with Crippen LogP contribution in [0.4, 0.5) is 0 Å². The van der Waals surface area contributed by atoms with Gasteiger partial charge in [-0.25, -0.2) is 4.68 Å². The van der Waals surface area contributed by atoms with Crippen molar-refractivity contribution in [3.05, 3.63) is 78.6 Å². The van der Waals surface area contributed by atoms with Crippen molar-refractivity contribution in [2.24, 2.45) is 0 Å². The zero-order valence-electron chi connectivity index (χ0n) is 13.7. The van der Waals surface area contributed by atoms with E-state index in [9.17, 15) is 4.79 Å². The molecule has 4 rings (SSSR count). The van der Waals surface area contributed by atoms with Crippen LogP contribution in [-0.2, 0) is 6.54 Å². The molecule has 1 aromatic carbocycles. The van der Waals surface area contributed by atoms with Crippen LogP contribution in [0.25, 0.3) is 16.7 Å². The molecule has 124 valence electrons. The molecule has 4 aromatic rings. The number of carbonyl (C=O) groups is 1.